The van der Waals surface area contributed by atoms with Gasteiger partial charge in [0.05, 0.1) is 13.7 Å². The summed E-state index contributed by atoms with van der Waals surface area (Å²) in [6.07, 6.45) is 0. The van der Waals surface area contributed by atoms with E-state index in [0.717, 1.165) is 5.56 Å². The van der Waals surface area contributed by atoms with Crippen LogP contribution < -0.4 is 0 Å². The van der Waals surface area contributed by atoms with Crippen LogP contribution in [0, 0.1) is 0 Å². The van der Waals surface area contributed by atoms with E-state index in [0.29, 0.717) is 5.75 Å². The van der Waals surface area contributed by atoms with E-state index in [1.54, 1.807) is 6.92 Å². The summed E-state index contributed by atoms with van der Waals surface area (Å²) in [5.74, 6) is -1.95. The molecule has 2 rings (SSSR count). The third-order valence-electron chi connectivity index (χ3n) is 3.24. The molecule has 0 aliphatic carbocycles. The maximum absolute atomic E-state index is 12.4. The molecule has 1 aromatic rings. The predicted octanol–water partition coefficient (Wildman–Crippen LogP) is 1.37. The summed E-state index contributed by atoms with van der Waals surface area (Å²) in [7, 11) is 1.26. The Morgan fingerprint density at radius 1 is 1.27 bits per heavy atom. The standard InChI is InChI=1S/C15H17NO5S/c1-3-21-15(19)12(17)16-11(14(18)20-2)9-22-13(16)10-7-5-4-6-8-10/h4-8,11,13H,3,9H2,1-2H3/t11-,13+/m0/s1. The van der Waals surface area contributed by atoms with Crippen LogP contribution in [0.4, 0.5) is 0 Å². The highest BCUT2D eigenvalue weighted by molar-refractivity contribution is 7.99. The first-order valence-electron chi connectivity index (χ1n) is 6.84. The number of rotatable bonds is 3. The van der Waals surface area contributed by atoms with Gasteiger partial charge < -0.3 is 14.4 Å². The molecule has 0 unspecified atom stereocenters. The fourth-order valence-corrected chi connectivity index (χ4v) is 3.66. The van der Waals surface area contributed by atoms with E-state index < -0.39 is 29.3 Å². The molecular formula is C15H17NO5S. The van der Waals surface area contributed by atoms with Crippen LogP contribution in [0.15, 0.2) is 30.3 Å². The van der Waals surface area contributed by atoms with Crippen molar-refractivity contribution >= 4 is 29.6 Å². The number of hydrogen-bond donors (Lipinski definition) is 0. The maximum atomic E-state index is 12.4. The van der Waals surface area contributed by atoms with Crippen molar-refractivity contribution in [1.82, 2.24) is 4.90 Å². The van der Waals surface area contributed by atoms with Crippen molar-refractivity contribution < 1.29 is 23.9 Å². The van der Waals surface area contributed by atoms with E-state index in [4.69, 9.17) is 9.47 Å². The van der Waals surface area contributed by atoms with Gasteiger partial charge in [0.2, 0.25) is 0 Å². The Morgan fingerprint density at radius 2 is 1.95 bits per heavy atom. The van der Waals surface area contributed by atoms with Gasteiger partial charge in [-0.1, -0.05) is 30.3 Å². The van der Waals surface area contributed by atoms with Crippen LogP contribution in [-0.4, -0.2) is 48.3 Å². The second kappa shape index (κ2) is 7.31. The quantitative estimate of drug-likeness (QED) is 0.618. The molecule has 0 spiro atoms. The zero-order valence-corrected chi connectivity index (χ0v) is 13.2. The van der Waals surface area contributed by atoms with Crippen molar-refractivity contribution in [3.8, 4) is 0 Å². The summed E-state index contributed by atoms with van der Waals surface area (Å²) in [6, 6.07) is 8.45. The molecule has 6 nitrogen and oxygen atoms in total. The molecule has 1 saturated heterocycles. The summed E-state index contributed by atoms with van der Waals surface area (Å²) in [6.45, 7) is 1.72. The molecule has 0 aromatic heterocycles. The number of thioether (sulfide) groups is 1. The third kappa shape index (κ3) is 3.24. The van der Waals surface area contributed by atoms with Crippen molar-refractivity contribution in [2.24, 2.45) is 0 Å². The minimum absolute atomic E-state index is 0.102. The third-order valence-corrected chi connectivity index (χ3v) is 4.57. The lowest BCUT2D eigenvalue weighted by atomic mass is 10.1. The molecular weight excluding hydrogens is 306 g/mol. The van der Waals surface area contributed by atoms with E-state index in [1.807, 2.05) is 30.3 Å². The van der Waals surface area contributed by atoms with Gasteiger partial charge in [-0.3, -0.25) is 4.79 Å². The average molecular weight is 323 g/mol. The highest BCUT2D eigenvalue weighted by atomic mass is 32.2. The molecule has 0 saturated carbocycles. The minimum atomic E-state index is -0.958. The number of carbonyl (C=O) groups is 3. The van der Waals surface area contributed by atoms with Gasteiger partial charge in [0.1, 0.15) is 11.4 Å². The fourth-order valence-electron chi connectivity index (χ4n) is 2.24. The van der Waals surface area contributed by atoms with Gasteiger partial charge in [-0.2, -0.15) is 0 Å². The first-order valence-corrected chi connectivity index (χ1v) is 7.88. The number of ether oxygens (including phenoxy) is 2. The summed E-state index contributed by atoms with van der Waals surface area (Å²) < 4.78 is 9.51. The number of esters is 2. The van der Waals surface area contributed by atoms with Crippen LogP contribution in [0.3, 0.4) is 0 Å². The van der Waals surface area contributed by atoms with Gasteiger partial charge >= 0.3 is 17.8 Å². The highest BCUT2D eigenvalue weighted by Gasteiger charge is 2.45. The largest absolute Gasteiger partial charge is 0.467 e. The number of amides is 1. The average Bonchev–Trinajstić information content (AvgIpc) is 2.99. The van der Waals surface area contributed by atoms with Gasteiger partial charge in [0.25, 0.3) is 0 Å². The van der Waals surface area contributed by atoms with Crippen LogP contribution in [0.25, 0.3) is 0 Å². The lowest BCUT2D eigenvalue weighted by molar-refractivity contribution is -0.164. The molecule has 2 atom stereocenters. The smallest absolute Gasteiger partial charge is 0.397 e. The summed E-state index contributed by atoms with van der Waals surface area (Å²) >= 11 is 1.42. The van der Waals surface area contributed by atoms with Crippen LogP contribution >= 0.6 is 11.8 Å². The molecule has 22 heavy (non-hydrogen) atoms. The number of methoxy groups -OCH3 is 1. The van der Waals surface area contributed by atoms with Gasteiger partial charge in [0.15, 0.2) is 0 Å². The Hall–Kier alpha value is -2.02. The topological polar surface area (TPSA) is 72.9 Å². The van der Waals surface area contributed by atoms with E-state index in [1.165, 1.54) is 23.8 Å². The van der Waals surface area contributed by atoms with E-state index in [9.17, 15) is 14.4 Å². The molecule has 7 heteroatoms. The molecule has 0 N–H and O–H groups in total. The first kappa shape index (κ1) is 16.4. The Bertz CT molecular complexity index is 562. The SMILES string of the molecule is CCOC(=O)C(=O)N1[C@@H](c2ccccc2)SC[C@H]1C(=O)OC. The van der Waals surface area contributed by atoms with Gasteiger partial charge in [-0.05, 0) is 12.5 Å². The number of carbonyl (C=O) groups excluding carboxylic acids is 3. The normalized spacial score (nSPS) is 20.5. The number of nitrogens with zero attached hydrogens (tertiary/aromatic N) is 1. The van der Waals surface area contributed by atoms with Crippen molar-refractivity contribution in [3.05, 3.63) is 35.9 Å². The Labute approximate surface area is 132 Å². The summed E-state index contributed by atoms with van der Waals surface area (Å²) in [5.41, 5.74) is 0.844. The van der Waals surface area contributed by atoms with E-state index >= 15 is 0 Å². The van der Waals surface area contributed by atoms with Crippen molar-refractivity contribution in [2.75, 3.05) is 19.5 Å². The summed E-state index contributed by atoms with van der Waals surface area (Å²) in [4.78, 5) is 37.3. The molecule has 1 aromatic carbocycles. The molecule has 1 fully saturated rings. The van der Waals surface area contributed by atoms with E-state index in [-0.39, 0.29) is 6.61 Å². The maximum Gasteiger partial charge on any atom is 0.397 e. The molecule has 118 valence electrons. The summed E-state index contributed by atoms with van der Waals surface area (Å²) in [5, 5.41) is -0.415. The van der Waals surface area contributed by atoms with Gasteiger partial charge in [-0.15, -0.1) is 11.8 Å². The Morgan fingerprint density at radius 3 is 2.55 bits per heavy atom. The highest BCUT2D eigenvalue weighted by Crippen LogP contribution is 2.41. The Balaban J connectivity index is 2.32. The van der Waals surface area contributed by atoms with Crippen LogP contribution in [0.2, 0.25) is 0 Å². The van der Waals surface area contributed by atoms with Crippen molar-refractivity contribution in [2.45, 2.75) is 18.3 Å². The minimum Gasteiger partial charge on any atom is -0.467 e. The number of hydrogen-bond acceptors (Lipinski definition) is 6. The first-order chi connectivity index (χ1) is 10.6. The molecule has 0 radical (unpaired) electrons. The van der Waals surface area contributed by atoms with Crippen molar-refractivity contribution in [3.63, 3.8) is 0 Å². The fraction of sp³-hybridized carbons (Fsp3) is 0.400. The van der Waals surface area contributed by atoms with Crippen molar-refractivity contribution in [1.29, 1.82) is 0 Å². The molecule has 1 amide bonds. The van der Waals surface area contributed by atoms with E-state index in [2.05, 4.69) is 0 Å². The Kier molecular flexibility index (Phi) is 5.43. The number of benzene rings is 1. The molecule has 1 aliphatic rings. The monoisotopic (exact) mass is 323 g/mol. The second-order valence-corrected chi connectivity index (χ2v) is 5.68. The molecule has 1 aliphatic heterocycles. The van der Waals surface area contributed by atoms with Crippen LogP contribution in [0.5, 0.6) is 0 Å². The second-order valence-electron chi connectivity index (χ2n) is 4.57. The molecule has 0 bridgehead atoms. The zero-order chi connectivity index (χ0) is 16.1. The van der Waals surface area contributed by atoms with Gasteiger partial charge in [-0.25, -0.2) is 9.59 Å². The lowest BCUT2D eigenvalue weighted by Gasteiger charge is -2.27. The predicted molar refractivity (Wildman–Crippen MR) is 80.9 cm³/mol. The van der Waals surface area contributed by atoms with Gasteiger partial charge in [0, 0.05) is 5.75 Å². The lowest BCUT2D eigenvalue weighted by Crippen LogP contribution is -2.46. The van der Waals surface area contributed by atoms with Crippen LogP contribution in [0.1, 0.15) is 17.9 Å². The molecule has 1 heterocycles. The zero-order valence-electron chi connectivity index (χ0n) is 12.4. The van der Waals surface area contributed by atoms with Crippen LogP contribution in [-0.2, 0) is 23.9 Å².